The molecule has 0 fully saturated rings. The van der Waals surface area contributed by atoms with E-state index in [-0.39, 0.29) is 23.8 Å². The monoisotopic (exact) mass is 457 g/mol. The first-order chi connectivity index (χ1) is 15.8. The molecule has 0 aliphatic rings. The number of aromatic nitrogens is 1. The number of aliphatic hydroxyl groups is 1. The van der Waals surface area contributed by atoms with Gasteiger partial charge in [0.1, 0.15) is 23.8 Å². The van der Waals surface area contributed by atoms with Crippen LogP contribution >= 0.6 is 0 Å². The topological polar surface area (TPSA) is 104 Å². The van der Waals surface area contributed by atoms with Gasteiger partial charge < -0.3 is 14.8 Å². The standard InChI is InChI=1S/C24H25F2N3O4/c1-3-7-19(28-20(30)12-15-10-17(25)13-18(26)11-15)23(32)29-24-27-14(2)22(33-24)21(31)16-8-5-4-6-9-16/h4-6,8-11,13,19,21,31H,3,7,12H2,1-2H3,(H,28,30)(H,27,29,32). The van der Waals surface area contributed by atoms with Gasteiger partial charge in [0, 0.05) is 6.07 Å². The van der Waals surface area contributed by atoms with Crippen LogP contribution in [0.3, 0.4) is 0 Å². The minimum atomic E-state index is -1.05. The summed E-state index contributed by atoms with van der Waals surface area (Å²) in [4.78, 5) is 29.3. The van der Waals surface area contributed by atoms with Gasteiger partial charge in [-0.3, -0.25) is 14.9 Å². The minimum Gasteiger partial charge on any atom is -0.425 e. The van der Waals surface area contributed by atoms with Crippen molar-refractivity contribution in [2.75, 3.05) is 5.32 Å². The smallest absolute Gasteiger partial charge is 0.301 e. The van der Waals surface area contributed by atoms with E-state index in [9.17, 15) is 23.5 Å². The Bertz CT molecular complexity index is 1100. The third-order valence-electron chi connectivity index (χ3n) is 4.94. The number of hydrogen-bond donors (Lipinski definition) is 3. The number of amides is 2. The molecule has 0 saturated carbocycles. The lowest BCUT2D eigenvalue weighted by molar-refractivity contribution is -0.126. The fourth-order valence-electron chi connectivity index (χ4n) is 3.40. The second-order valence-corrected chi connectivity index (χ2v) is 7.63. The van der Waals surface area contributed by atoms with E-state index in [1.165, 1.54) is 0 Å². The van der Waals surface area contributed by atoms with Crippen LogP contribution in [-0.2, 0) is 16.0 Å². The number of rotatable bonds is 9. The van der Waals surface area contributed by atoms with Crippen LogP contribution in [0.15, 0.2) is 52.9 Å². The van der Waals surface area contributed by atoms with Crippen molar-refractivity contribution in [2.45, 2.75) is 45.3 Å². The molecule has 174 valence electrons. The summed E-state index contributed by atoms with van der Waals surface area (Å²) in [6, 6.07) is 10.7. The zero-order valence-electron chi connectivity index (χ0n) is 18.3. The Balaban J connectivity index is 1.67. The van der Waals surface area contributed by atoms with Crippen LogP contribution in [0.1, 0.15) is 48.5 Å². The lowest BCUT2D eigenvalue weighted by atomic mass is 10.1. The van der Waals surface area contributed by atoms with Gasteiger partial charge in [0.25, 0.3) is 5.91 Å². The van der Waals surface area contributed by atoms with Gasteiger partial charge in [-0.25, -0.2) is 8.78 Å². The molecule has 3 rings (SSSR count). The maximum absolute atomic E-state index is 13.4. The van der Waals surface area contributed by atoms with Crippen molar-refractivity contribution >= 4 is 17.8 Å². The highest BCUT2D eigenvalue weighted by Crippen LogP contribution is 2.27. The van der Waals surface area contributed by atoms with E-state index in [0.29, 0.717) is 24.1 Å². The number of nitrogens with one attached hydrogen (secondary N) is 2. The number of nitrogens with zero attached hydrogens (tertiary/aromatic N) is 1. The number of carbonyl (C=O) groups excluding carboxylic acids is 2. The highest BCUT2D eigenvalue weighted by atomic mass is 19.1. The SMILES string of the molecule is CCCC(NC(=O)Cc1cc(F)cc(F)c1)C(=O)Nc1nc(C)c(C(O)c2ccccc2)o1. The molecule has 0 spiro atoms. The van der Waals surface area contributed by atoms with E-state index in [0.717, 1.165) is 18.2 Å². The van der Waals surface area contributed by atoms with E-state index >= 15 is 0 Å². The molecule has 7 nitrogen and oxygen atoms in total. The molecular weight excluding hydrogens is 432 g/mol. The Morgan fingerprint density at radius 1 is 1.12 bits per heavy atom. The van der Waals surface area contributed by atoms with Crippen molar-refractivity contribution < 1.29 is 27.9 Å². The molecule has 2 atom stereocenters. The normalized spacial score (nSPS) is 12.8. The maximum Gasteiger partial charge on any atom is 0.301 e. The van der Waals surface area contributed by atoms with E-state index in [2.05, 4.69) is 15.6 Å². The predicted molar refractivity (Wildman–Crippen MR) is 117 cm³/mol. The van der Waals surface area contributed by atoms with Gasteiger partial charge in [0.15, 0.2) is 5.76 Å². The van der Waals surface area contributed by atoms with Gasteiger partial charge in [-0.2, -0.15) is 4.98 Å². The number of aliphatic hydroxyl groups excluding tert-OH is 1. The van der Waals surface area contributed by atoms with Gasteiger partial charge in [-0.05, 0) is 36.6 Å². The predicted octanol–water partition coefficient (Wildman–Crippen LogP) is 3.81. The first kappa shape index (κ1) is 24.1. The molecule has 9 heteroatoms. The average Bonchev–Trinajstić information content (AvgIpc) is 3.12. The van der Waals surface area contributed by atoms with Crippen molar-refractivity contribution in [3.63, 3.8) is 0 Å². The number of oxazole rings is 1. The van der Waals surface area contributed by atoms with Crippen molar-refractivity contribution in [1.82, 2.24) is 10.3 Å². The Hall–Kier alpha value is -3.59. The molecule has 0 aliphatic carbocycles. The van der Waals surface area contributed by atoms with Crippen LogP contribution < -0.4 is 10.6 Å². The molecule has 0 radical (unpaired) electrons. The van der Waals surface area contributed by atoms with Crippen LogP contribution in [-0.4, -0.2) is 27.9 Å². The molecule has 33 heavy (non-hydrogen) atoms. The van der Waals surface area contributed by atoms with Crippen LogP contribution in [0.5, 0.6) is 0 Å². The third kappa shape index (κ3) is 6.45. The molecular formula is C24H25F2N3O4. The van der Waals surface area contributed by atoms with Crippen LogP contribution in [0, 0.1) is 18.6 Å². The number of aryl methyl sites for hydroxylation is 1. The fourth-order valence-corrected chi connectivity index (χ4v) is 3.40. The van der Waals surface area contributed by atoms with Gasteiger partial charge in [0.05, 0.1) is 12.1 Å². The number of hydrogen-bond acceptors (Lipinski definition) is 5. The van der Waals surface area contributed by atoms with Gasteiger partial charge in [0.2, 0.25) is 5.91 Å². The highest BCUT2D eigenvalue weighted by molar-refractivity contribution is 5.96. The van der Waals surface area contributed by atoms with Crippen molar-refractivity contribution in [1.29, 1.82) is 0 Å². The van der Waals surface area contributed by atoms with Crippen LogP contribution in [0.4, 0.5) is 14.8 Å². The summed E-state index contributed by atoms with van der Waals surface area (Å²) >= 11 is 0. The summed E-state index contributed by atoms with van der Waals surface area (Å²) in [5.41, 5.74) is 1.17. The van der Waals surface area contributed by atoms with Crippen LogP contribution in [0.25, 0.3) is 0 Å². The Kier molecular flexibility index (Phi) is 7.89. The van der Waals surface area contributed by atoms with Crippen LogP contribution in [0.2, 0.25) is 0 Å². The number of benzene rings is 2. The van der Waals surface area contributed by atoms with Gasteiger partial charge in [-0.1, -0.05) is 43.7 Å². The quantitative estimate of drug-likeness (QED) is 0.453. The lowest BCUT2D eigenvalue weighted by Gasteiger charge is -2.17. The third-order valence-corrected chi connectivity index (χ3v) is 4.94. The maximum atomic E-state index is 13.4. The Morgan fingerprint density at radius 3 is 2.42 bits per heavy atom. The summed E-state index contributed by atoms with van der Waals surface area (Å²) < 4.78 is 32.3. The van der Waals surface area contributed by atoms with Gasteiger partial charge in [-0.15, -0.1) is 0 Å². The molecule has 3 aromatic rings. The van der Waals surface area contributed by atoms with Gasteiger partial charge >= 0.3 is 6.01 Å². The molecule has 0 saturated heterocycles. The molecule has 0 aliphatic heterocycles. The zero-order chi connectivity index (χ0) is 24.0. The first-order valence-electron chi connectivity index (χ1n) is 10.5. The summed E-state index contributed by atoms with van der Waals surface area (Å²) in [7, 11) is 0. The van der Waals surface area contributed by atoms with E-state index < -0.39 is 35.6 Å². The number of halogens is 2. The zero-order valence-corrected chi connectivity index (χ0v) is 18.3. The first-order valence-corrected chi connectivity index (χ1v) is 10.5. The molecule has 1 aromatic heterocycles. The molecule has 2 amide bonds. The van der Waals surface area contributed by atoms with Crippen molar-refractivity contribution in [2.24, 2.45) is 0 Å². The van der Waals surface area contributed by atoms with E-state index in [1.807, 2.05) is 13.0 Å². The summed E-state index contributed by atoms with van der Waals surface area (Å²) in [6.45, 7) is 3.49. The molecule has 3 N–H and O–H groups in total. The lowest BCUT2D eigenvalue weighted by Crippen LogP contribution is -2.44. The van der Waals surface area contributed by atoms with E-state index in [4.69, 9.17) is 4.42 Å². The molecule has 0 bridgehead atoms. The molecule has 1 heterocycles. The summed E-state index contributed by atoms with van der Waals surface area (Å²) in [5.74, 6) is -2.49. The number of carbonyl (C=O) groups is 2. The number of anilines is 1. The second-order valence-electron chi connectivity index (χ2n) is 7.63. The fraction of sp³-hybridized carbons (Fsp3) is 0.292. The minimum absolute atomic E-state index is 0.106. The Labute approximate surface area is 189 Å². The largest absolute Gasteiger partial charge is 0.425 e. The summed E-state index contributed by atoms with van der Waals surface area (Å²) in [6.07, 6.45) is -0.417. The van der Waals surface area contributed by atoms with E-state index in [1.54, 1.807) is 31.2 Å². The average molecular weight is 457 g/mol. The summed E-state index contributed by atoms with van der Waals surface area (Å²) in [5, 5.41) is 15.7. The highest BCUT2D eigenvalue weighted by Gasteiger charge is 2.24. The molecule has 2 unspecified atom stereocenters. The Morgan fingerprint density at radius 2 is 1.79 bits per heavy atom. The second kappa shape index (κ2) is 10.8. The molecule has 2 aromatic carbocycles. The van der Waals surface area contributed by atoms with Crippen molar-refractivity contribution in [3.8, 4) is 0 Å². The van der Waals surface area contributed by atoms with Crippen molar-refractivity contribution in [3.05, 3.63) is 82.7 Å².